The van der Waals surface area contributed by atoms with Crippen molar-refractivity contribution < 1.29 is 4.79 Å². The number of nitrogens with zero attached hydrogens (tertiary/aromatic N) is 3. The van der Waals surface area contributed by atoms with Crippen LogP contribution >= 0.6 is 11.6 Å². The Balaban J connectivity index is 1.71. The smallest absolute Gasteiger partial charge is 0.242 e. The first-order valence-electron chi connectivity index (χ1n) is 6.97. The van der Waals surface area contributed by atoms with Gasteiger partial charge in [-0.15, -0.1) is 5.10 Å². The number of amides is 1. The van der Waals surface area contributed by atoms with E-state index in [1.54, 1.807) is 4.68 Å². The Morgan fingerprint density at radius 2 is 1.95 bits per heavy atom. The first-order valence-corrected chi connectivity index (χ1v) is 7.35. The van der Waals surface area contributed by atoms with Crippen molar-refractivity contribution in [3.63, 3.8) is 0 Å². The first-order chi connectivity index (χ1) is 10.6. The van der Waals surface area contributed by atoms with Crippen molar-refractivity contribution in [2.24, 2.45) is 0 Å². The van der Waals surface area contributed by atoms with Crippen molar-refractivity contribution in [3.8, 4) is 0 Å². The molecule has 0 aliphatic rings. The molecule has 0 saturated heterocycles. The maximum Gasteiger partial charge on any atom is 0.242 e. The Kier molecular flexibility index (Phi) is 4.06. The van der Waals surface area contributed by atoms with Gasteiger partial charge in [0.2, 0.25) is 5.91 Å². The molecular weight excluding hydrogens is 300 g/mol. The van der Waals surface area contributed by atoms with E-state index < -0.39 is 0 Å². The summed E-state index contributed by atoms with van der Waals surface area (Å²) in [5, 5.41) is 11.6. The highest BCUT2D eigenvalue weighted by molar-refractivity contribution is 6.31. The molecular formula is C16H15ClN4O. The molecule has 0 aliphatic carbocycles. The first kappa shape index (κ1) is 14.5. The number of benzene rings is 2. The maximum absolute atomic E-state index is 12.2. The summed E-state index contributed by atoms with van der Waals surface area (Å²) in [6, 6.07) is 14.8. The van der Waals surface area contributed by atoms with E-state index in [1.807, 2.05) is 55.5 Å². The summed E-state index contributed by atoms with van der Waals surface area (Å²) >= 11 is 6.14. The lowest BCUT2D eigenvalue weighted by Crippen LogP contribution is -2.30. The predicted octanol–water partition coefficient (Wildman–Crippen LogP) is 2.96. The molecule has 1 heterocycles. The van der Waals surface area contributed by atoms with E-state index in [0.29, 0.717) is 5.02 Å². The van der Waals surface area contributed by atoms with E-state index in [9.17, 15) is 4.79 Å². The second-order valence-electron chi connectivity index (χ2n) is 5.05. The maximum atomic E-state index is 12.2. The third-order valence-electron chi connectivity index (χ3n) is 3.46. The van der Waals surface area contributed by atoms with Gasteiger partial charge in [0.25, 0.3) is 0 Å². The lowest BCUT2D eigenvalue weighted by molar-refractivity contribution is -0.122. The second-order valence-corrected chi connectivity index (χ2v) is 5.45. The lowest BCUT2D eigenvalue weighted by Gasteiger charge is -2.15. The van der Waals surface area contributed by atoms with Crippen molar-refractivity contribution in [1.29, 1.82) is 0 Å². The molecule has 1 unspecified atom stereocenters. The normalized spacial score (nSPS) is 12.3. The molecule has 1 amide bonds. The van der Waals surface area contributed by atoms with Gasteiger partial charge >= 0.3 is 0 Å². The number of hydrogen-bond acceptors (Lipinski definition) is 3. The quantitative estimate of drug-likeness (QED) is 0.805. The zero-order valence-electron chi connectivity index (χ0n) is 12.0. The minimum absolute atomic E-state index is 0.120. The van der Waals surface area contributed by atoms with Crippen LogP contribution in [0.3, 0.4) is 0 Å². The minimum atomic E-state index is -0.170. The largest absolute Gasteiger partial charge is 0.348 e. The van der Waals surface area contributed by atoms with Gasteiger partial charge in [-0.3, -0.25) is 4.79 Å². The number of fused-ring (bicyclic) bond motifs is 1. The summed E-state index contributed by atoms with van der Waals surface area (Å²) < 4.78 is 1.59. The predicted molar refractivity (Wildman–Crippen MR) is 85.5 cm³/mol. The Hall–Kier alpha value is -2.40. The van der Waals surface area contributed by atoms with Crippen molar-refractivity contribution >= 4 is 28.5 Å². The molecule has 0 radical (unpaired) electrons. The van der Waals surface area contributed by atoms with Gasteiger partial charge in [0.1, 0.15) is 12.1 Å². The highest BCUT2D eigenvalue weighted by Gasteiger charge is 2.14. The summed E-state index contributed by atoms with van der Waals surface area (Å²) in [4.78, 5) is 12.2. The van der Waals surface area contributed by atoms with Crippen LogP contribution in [0.2, 0.25) is 5.02 Å². The van der Waals surface area contributed by atoms with Gasteiger partial charge in [-0.1, -0.05) is 47.1 Å². The third-order valence-corrected chi connectivity index (χ3v) is 3.81. The van der Waals surface area contributed by atoms with Crippen molar-refractivity contribution in [3.05, 3.63) is 59.1 Å². The molecule has 22 heavy (non-hydrogen) atoms. The molecule has 6 heteroatoms. The average Bonchev–Trinajstić information content (AvgIpc) is 2.91. The Bertz CT molecular complexity index is 815. The van der Waals surface area contributed by atoms with Crippen LogP contribution in [-0.4, -0.2) is 20.9 Å². The van der Waals surface area contributed by atoms with E-state index in [2.05, 4.69) is 15.6 Å². The molecule has 3 aromatic rings. The van der Waals surface area contributed by atoms with Crippen LogP contribution in [0.4, 0.5) is 0 Å². The van der Waals surface area contributed by atoms with Gasteiger partial charge in [-0.05, 0) is 30.7 Å². The minimum Gasteiger partial charge on any atom is -0.348 e. The summed E-state index contributed by atoms with van der Waals surface area (Å²) in [7, 11) is 0. The van der Waals surface area contributed by atoms with E-state index in [4.69, 9.17) is 11.6 Å². The van der Waals surface area contributed by atoms with Crippen LogP contribution in [0.1, 0.15) is 18.5 Å². The number of para-hydroxylation sites is 1. The van der Waals surface area contributed by atoms with Crippen molar-refractivity contribution in [2.75, 3.05) is 0 Å². The summed E-state index contributed by atoms with van der Waals surface area (Å²) in [5.41, 5.74) is 2.50. The zero-order valence-corrected chi connectivity index (χ0v) is 12.8. The number of carbonyl (C=O) groups excluding carboxylic acids is 1. The molecule has 2 aromatic carbocycles. The number of nitrogens with one attached hydrogen (secondary N) is 1. The monoisotopic (exact) mass is 314 g/mol. The van der Waals surface area contributed by atoms with E-state index in [-0.39, 0.29) is 18.5 Å². The second kappa shape index (κ2) is 6.15. The Labute approximate surface area is 132 Å². The van der Waals surface area contributed by atoms with Gasteiger partial charge in [0.15, 0.2) is 0 Å². The number of halogens is 1. The lowest BCUT2D eigenvalue weighted by atomic mass is 10.1. The van der Waals surface area contributed by atoms with Gasteiger partial charge in [-0.25, -0.2) is 4.68 Å². The fourth-order valence-electron chi connectivity index (χ4n) is 2.36. The number of aromatic nitrogens is 3. The van der Waals surface area contributed by atoms with Gasteiger partial charge in [0, 0.05) is 5.02 Å². The fourth-order valence-corrected chi connectivity index (χ4v) is 2.66. The molecule has 0 aliphatic heterocycles. The highest BCUT2D eigenvalue weighted by atomic mass is 35.5. The molecule has 0 fully saturated rings. The fraction of sp³-hybridized carbons (Fsp3) is 0.188. The SMILES string of the molecule is CC(NC(=O)Cn1nnc2ccccc21)c1ccccc1Cl. The molecule has 1 N–H and O–H groups in total. The van der Waals surface area contributed by atoms with E-state index in [0.717, 1.165) is 16.6 Å². The molecule has 0 saturated carbocycles. The van der Waals surface area contributed by atoms with E-state index >= 15 is 0 Å². The summed E-state index contributed by atoms with van der Waals surface area (Å²) in [6.45, 7) is 2.02. The Morgan fingerprint density at radius 1 is 1.23 bits per heavy atom. The van der Waals surface area contributed by atoms with Crippen LogP contribution in [0.25, 0.3) is 11.0 Å². The van der Waals surface area contributed by atoms with Crippen LogP contribution in [-0.2, 0) is 11.3 Å². The molecule has 0 bridgehead atoms. The van der Waals surface area contributed by atoms with Crippen molar-refractivity contribution in [2.45, 2.75) is 19.5 Å². The number of carbonyl (C=O) groups is 1. The molecule has 1 aromatic heterocycles. The number of hydrogen-bond donors (Lipinski definition) is 1. The van der Waals surface area contributed by atoms with E-state index in [1.165, 1.54) is 0 Å². The number of rotatable bonds is 4. The summed E-state index contributed by atoms with van der Waals surface area (Å²) in [5.74, 6) is -0.136. The molecule has 5 nitrogen and oxygen atoms in total. The standard InChI is InChI=1S/C16H15ClN4O/c1-11(12-6-2-3-7-13(12)17)18-16(22)10-21-15-9-5-4-8-14(15)19-20-21/h2-9,11H,10H2,1H3,(H,18,22). The highest BCUT2D eigenvalue weighted by Crippen LogP contribution is 2.22. The molecule has 0 spiro atoms. The zero-order chi connectivity index (χ0) is 15.5. The third kappa shape index (κ3) is 2.94. The summed E-state index contributed by atoms with van der Waals surface area (Å²) in [6.07, 6.45) is 0. The van der Waals surface area contributed by atoms with Gasteiger partial charge < -0.3 is 5.32 Å². The van der Waals surface area contributed by atoms with Crippen molar-refractivity contribution in [1.82, 2.24) is 20.3 Å². The van der Waals surface area contributed by atoms with Gasteiger partial charge in [-0.2, -0.15) is 0 Å². The molecule has 1 atom stereocenters. The molecule has 3 rings (SSSR count). The topological polar surface area (TPSA) is 59.8 Å². The Morgan fingerprint density at radius 3 is 2.77 bits per heavy atom. The van der Waals surface area contributed by atoms with Crippen LogP contribution in [0.15, 0.2) is 48.5 Å². The van der Waals surface area contributed by atoms with Crippen LogP contribution in [0, 0.1) is 0 Å². The van der Waals surface area contributed by atoms with Crippen LogP contribution < -0.4 is 5.32 Å². The van der Waals surface area contributed by atoms with Gasteiger partial charge in [0.05, 0.1) is 11.6 Å². The molecule has 112 valence electrons. The average molecular weight is 315 g/mol. The van der Waals surface area contributed by atoms with Crippen LogP contribution in [0.5, 0.6) is 0 Å².